The number of nitrogens with zero attached hydrogens (tertiary/aromatic N) is 1. The second-order valence-corrected chi connectivity index (χ2v) is 5.54. The number of benzene rings is 1. The van der Waals surface area contributed by atoms with Crippen LogP contribution < -0.4 is 5.32 Å². The van der Waals surface area contributed by atoms with Gasteiger partial charge in [0.25, 0.3) is 0 Å². The molecule has 0 spiro atoms. The molecule has 2 aromatic heterocycles. The Bertz CT molecular complexity index is 940. The van der Waals surface area contributed by atoms with Crippen LogP contribution in [0.1, 0.15) is 28.5 Å². The first-order valence-corrected chi connectivity index (χ1v) is 7.57. The van der Waals surface area contributed by atoms with Gasteiger partial charge in [0, 0.05) is 52.7 Å². The minimum absolute atomic E-state index is 0.0795. The molecule has 1 amide bonds. The molecule has 5 heteroatoms. The van der Waals surface area contributed by atoms with Gasteiger partial charge >= 0.3 is 0 Å². The van der Waals surface area contributed by atoms with Gasteiger partial charge in [0.15, 0.2) is 5.78 Å². The molecule has 24 heavy (non-hydrogen) atoms. The largest absolute Gasteiger partial charge is 0.358 e. The number of ketones is 1. The van der Waals surface area contributed by atoms with E-state index >= 15 is 0 Å². The molecule has 3 rings (SSSR count). The first kappa shape index (κ1) is 15.7. The van der Waals surface area contributed by atoms with Crippen molar-refractivity contribution in [2.24, 2.45) is 0 Å². The van der Waals surface area contributed by atoms with Gasteiger partial charge in [-0.3, -0.25) is 14.6 Å². The number of allylic oxidation sites excluding steroid dienone is 1. The molecule has 2 heterocycles. The van der Waals surface area contributed by atoms with Crippen molar-refractivity contribution in [3.05, 3.63) is 65.6 Å². The zero-order valence-corrected chi connectivity index (χ0v) is 13.5. The van der Waals surface area contributed by atoms with Crippen molar-refractivity contribution in [2.75, 3.05) is 5.32 Å². The molecule has 3 aromatic rings. The summed E-state index contributed by atoms with van der Waals surface area (Å²) < 4.78 is 0. The SMILES string of the molecule is CC(=O)Nc1ccc2[nH]c(C)c(C=CC(=O)c3ccncc3)c2c1. The second-order valence-electron chi connectivity index (χ2n) is 5.54. The molecule has 0 bridgehead atoms. The van der Waals surface area contributed by atoms with E-state index in [1.807, 2.05) is 25.1 Å². The van der Waals surface area contributed by atoms with E-state index in [-0.39, 0.29) is 11.7 Å². The van der Waals surface area contributed by atoms with E-state index in [0.29, 0.717) is 5.56 Å². The number of aryl methyl sites for hydroxylation is 1. The highest BCUT2D eigenvalue weighted by molar-refractivity contribution is 6.08. The third-order valence-electron chi connectivity index (χ3n) is 3.72. The monoisotopic (exact) mass is 319 g/mol. The maximum absolute atomic E-state index is 12.2. The number of carbonyl (C=O) groups is 2. The molecule has 0 unspecified atom stereocenters. The number of pyridine rings is 1. The standard InChI is InChI=1S/C19H17N3O2/c1-12-16(4-6-19(24)14-7-9-20-10-8-14)17-11-15(22-13(2)23)3-5-18(17)21-12/h3-11,21H,1-2H3,(H,22,23). The van der Waals surface area contributed by atoms with E-state index < -0.39 is 0 Å². The van der Waals surface area contributed by atoms with Crippen LogP contribution in [-0.4, -0.2) is 21.7 Å². The topological polar surface area (TPSA) is 74.8 Å². The molecule has 0 radical (unpaired) electrons. The predicted octanol–water partition coefficient (Wildman–Crippen LogP) is 3.73. The smallest absolute Gasteiger partial charge is 0.221 e. The fourth-order valence-corrected chi connectivity index (χ4v) is 2.61. The Morgan fingerprint density at radius 3 is 2.62 bits per heavy atom. The highest BCUT2D eigenvalue weighted by Crippen LogP contribution is 2.26. The summed E-state index contributed by atoms with van der Waals surface area (Å²) in [6, 6.07) is 9.02. The fraction of sp³-hybridized carbons (Fsp3) is 0.105. The number of anilines is 1. The van der Waals surface area contributed by atoms with Crippen LogP contribution in [0, 0.1) is 6.92 Å². The number of carbonyl (C=O) groups excluding carboxylic acids is 2. The first-order chi connectivity index (χ1) is 11.5. The van der Waals surface area contributed by atoms with Gasteiger partial charge in [-0.1, -0.05) is 0 Å². The average Bonchev–Trinajstić information content (AvgIpc) is 2.87. The van der Waals surface area contributed by atoms with Crippen LogP contribution in [-0.2, 0) is 4.79 Å². The molecule has 5 nitrogen and oxygen atoms in total. The summed E-state index contributed by atoms with van der Waals surface area (Å²) in [6.45, 7) is 3.43. The molecule has 1 aromatic carbocycles. The lowest BCUT2D eigenvalue weighted by Gasteiger charge is -2.02. The quantitative estimate of drug-likeness (QED) is 0.568. The van der Waals surface area contributed by atoms with Crippen molar-refractivity contribution in [1.82, 2.24) is 9.97 Å². The summed E-state index contributed by atoms with van der Waals surface area (Å²) in [7, 11) is 0. The number of hydrogen-bond acceptors (Lipinski definition) is 3. The summed E-state index contributed by atoms with van der Waals surface area (Å²) in [5.41, 5.74) is 4.17. The van der Waals surface area contributed by atoms with Gasteiger partial charge in [0.1, 0.15) is 0 Å². The van der Waals surface area contributed by atoms with Crippen molar-refractivity contribution in [1.29, 1.82) is 0 Å². The van der Waals surface area contributed by atoms with E-state index in [9.17, 15) is 9.59 Å². The zero-order valence-electron chi connectivity index (χ0n) is 13.5. The van der Waals surface area contributed by atoms with Crippen LogP contribution in [0.15, 0.2) is 48.8 Å². The zero-order chi connectivity index (χ0) is 17.1. The second kappa shape index (κ2) is 6.50. The summed E-state index contributed by atoms with van der Waals surface area (Å²) >= 11 is 0. The van der Waals surface area contributed by atoms with Crippen LogP contribution in [0.5, 0.6) is 0 Å². The lowest BCUT2D eigenvalue weighted by molar-refractivity contribution is -0.114. The third kappa shape index (κ3) is 3.25. The van der Waals surface area contributed by atoms with Crippen molar-refractivity contribution < 1.29 is 9.59 Å². The van der Waals surface area contributed by atoms with Gasteiger partial charge in [-0.2, -0.15) is 0 Å². The van der Waals surface area contributed by atoms with E-state index in [4.69, 9.17) is 0 Å². The number of aromatic amines is 1. The van der Waals surface area contributed by atoms with Crippen LogP contribution in [0.25, 0.3) is 17.0 Å². The number of H-pyrrole nitrogens is 1. The molecule has 2 N–H and O–H groups in total. The predicted molar refractivity (Wildman–Crippen MR) is 94.9 cm³/mol. The number of hydrogen-bond donors (Lipinski definition) is 2. The minimum Gasteiger partial charge on any atom is -0.358 e. The molecule has 0 aliphatic rings. The Morgan fingerprint density at radius 2 is 1.92 bits per heavy atom. The molecule has 0 aliphatic carbocycles. The number of amides is 1. The van der Waals surface area contributed by atoms with Crippen molar-refractivity contribution in [2.45, 2.75) is 13.8 Å². The van der Waals surface area contributed by atoms with Gasteiger partial charge in [0.05, 0.1) is 0 Å². The molecule has 0 saturated carbocycles. The summed E-state index contributed by atoms with van der Waals surface area (Å²) in [6.07, 6.45) is 6.54. The van der Waals surface area contributed by atoms with Gasteiger partial charge in [-0.05, 0) is 49.4 Å². The molecule has 0 atom stereocenters. The number of rotatable bonds is 4. The average molecular weight is 319 g/mol. The molecule has 0 fully saturated rings. The first-order valence-electron chi connectivity index (χ1n) is 7.57. The van der Waals surface area contributed by atoms with E-state index in [2.05, 4.69) is 15.3 Å². The number of fused-ring (bicyclic) bond motifs is 1. The molecule has 0 saturated heterocycles. The van der Waals surface area contributed by atoms with Gasteiger partial charge < -0.3 is 10.3 Å². The van der Waals surface area contributed by atoms with Gasteiger partial charge in [0.2, 0.25) is 5.91 Å². The lowest BCUT2D eigenvalue weighted by atomic mass is 10.1. The third-order valence-corrected chi connectivity index (χ3v) is 3.72. The summed E-state index contributed by atoms with van der Waals surface area (Å²) in [5.74, 6) is -0.198. The van der Waals surface area contributed by atoms with Crippen LogP contribution in [0.4, 0.5) is 5.69 Å². The normalized spacial score (nSPS) is 11.1. The number of nitrogens with one attached hydrogen (secondary N) is 2. The Morgan fingerprint density at radius 1 is 1.17 bits per heavy atom. The minimum atomic E-state index is -0.119. The van der Waals surface area contributed by atoms with Crippen LogP contribution in [0.3, 0.4) is 0 Å². The van der Waals surface area contributed by atoms with E-state index in [1.54, 1.807) is 36.7 Å². The van der Waals surface area contributed by atoms with E-state index in [0.717, 1.165) is 27.8 Å². The molecular weight excluding hydrogens is 302 g/mol. The highest BCUT2D eigenvalue weighted by Gasteiger charge is 2.08. The lowest BCUT2D eigenvalue weighted by Crippen LogP contribution is -2.05. The number of aromatic nitrogens is 2. The Hall–Kier alpha value is -3.21. The fourth-order valence-electron chi connectivity index (χ4n) is 2.61. The Labute approximate surface area is 139 Å². The van der Waals surface area contributed by atoms with E-state index in [1.165, 1.54) is 6.92 Å². The molecule has 0 aliphatic heterocycles. The maximum atomic E-state index is 12.2. The van der Waals surface area contributed by atoms with Gasteiger partial charge in [-0.25, -0.2) is 0 Å². The molecular formula is C19H17N3O2. The van der Waals surface area contributed by atoms with Crippen molar-refractivity contribution in [3.8, 4) is 0 Å². The van der Waals surface area contributed by atoms with Crippen molar-refractivity contribution in [3.63, 3.8) is 0 Å². The summed E-state index contributed by atoms with van der Waals surface area (Å²) in [5, 5.41) is 3.73. The molecule has 120 valence electrons. The van der Waals surface area contributed by atoms with Gasteiger partial charge in [-0.15, -0.1) is 0 Å². The maximum Gasteiger partial charge on any atom is 0.221 e. The highest BCUT2D eigenvalue weighted by atomic mass is 16.1. The van der Waals surface area contributed by atoms with Crippen LogP contribution in [0.2, 0.25) is 0 Å². The summed E-state index contributed by atoms with van der Waals surface area (Å²) in [4.78, 5) is 30.6. The Kier molecular flexibility index (Phi) is 4.24. The Balaban J connectivity index is 1.96. The van der Waals surface area contributed by atoms with Crippen molar-refractivity contribution >= 4 is 34.4 Å². The van der Waals surface area contributed by atoms with Crippen LogP contribution >= 0.6 is 0 Å².